The first-order valence-corrected chi connectivity index (χ1v) is 2.68. The lowest BCUT2D eigenvalue weighted by Crippen LogP contribution is -1.94. The molecule has 1 aliphatic rings. The minimum absolute atomic E-state index is 0.372. The number of rotatable bonds is 1. The van der Waals surface area contributed by atoms with Crippen LogP contribution >= 0.6 is 0 Å². The largest absolute Gasteiger partial charge is 0.292 e. The summed E-state index contributed by atoms with van der Waals surface area (Å²) in [5, 5.41) is 0. The van der Waals surface area contributed by atoms with Crippen LogP contribution in [-0.4, -0.2) is 19.4 Å². The Hall–Kier alpha value is -0.660. The Balaban J connectivity index is 2.51. The second kappa shape index (κ2) is 2.60. The van der Waals surface area contributed by atoms with E-state index in [1.54, 1.807) is 6.21 Å². The van der Waals surface area contributed by atoms with E-state index in [9.17, 15) is 4.39 Å². The summed E-state index contributed by atoms with van der Waals surface area (Å²) in [4.78, 5) is 3.90. The smallest absolute Gasteiger partial charge is 0.116 e. The summed E-state index contributed by atoms with van der Waals surface area (Å²) in [7, 11) is 0. The normalized spacial score (nSPS) is 18.4. The maximum Gasteiger partial charge on any atom is 0.116 e. The van der Waals surface area contributed by atoms with Crippen molar-refractivity contribution in [3.8, 4) is 0 Å². The Morgan fingerprint density at radius 1 is 1.75 bits per heavy atom. The fourth-order valence-electron chi connectivity index (χ4n) is 0.648. The molecule has 0 saturated carbocycles. The zero-order valence-corrected chi connectivity index (χ0v) is 4.60. The van der Waals surface area contributed by atoms with Crippen molar-refractivity contribution in [1.29, 1.82) is 0 Å². The number of hydrogen-bond acceptors (Lipinski definition) is 1. The molecule has 0 N–H and O–H groups in total. The van der Waals surface area contributed by atoms with E-state index >= 15 is 0 Å². The molecule has 0 aromatic heterocycles. The summed E-state index contributed by atoms with van der Waals surface area (Å²) < 4.78 is 11.7. The highest BCUT2D eigenvalue weighted by molar-refractivity contribution is 5.79. The van der Waals surface area contributed by atoms with Crippen molar-refractivity contribution in [2.45, 2.75) is 6.42 Å². The Morgan fingerprint density at radius 2 is 2.62 bits per heavy atom. The lowest BCUT2D eigenvalue weighted by molar-refractivity contribution is 0.551. The fourth-order valence-corrected chi connectivity index (χ4v) is 0.648. The number of dihydropyridines is 1. The van der Waals surface area contributed by atoms with Gasteiger partial charge in [0.05, 0.1) is 0 Å². The van der Waals surface area contributed by atoms with Crippen molar-refractivity contribution in [3.63, 3.8) is 0 Å². The number of allylic oxidation sites excluding steroid dienone is 1. The van der Waals surface area contributed by atoms with E-state index in [2.05, 4.69) is 4.99 Å². The Bertz CT molecular complexity index is 126. The number of hydrogen-bond donors (Lipinski definition) is 0. The SMILES string of the molecule is FCC1=CCCN=C1. The first kappa shape index (κ1) is 5.48. The van der Waals surface area contributed by atoms with Gasteiger partial charge in [-0.15, -0.1) is 0 Å². The third-order valence-electron chi connectivity index (χ3n) is 1.08. The molecule has 1 rings (SSSR count). The van der Waals surface area contributed by atoms with Crippen molar-refractivity contribution >= 4 is 6.21 Å². The summed E-state index contributed by atoms with van der Waals surface area (Å²) in [6, 6.07) is 0. The van der Waals surface area contributed by atoms with Gasteiger partial charge in [-0.1, -0.05) is 6.08 Å². The summed E-state index contributed by atoms with van der Waals surface area (Å²) in [5.41, 5.74) is 0.719. The lowest BCUT2D eigenvalue weighted by atomic mass is 10.2. The molecule has 0 atom stereocenters. The molecule has 8 heavy (non-hydrogen) atoms. The summed E-state index contributed by atoms with van der Waals surface area (Å²) in [6.07, 6.45) is 4.38. The van der Waals surface area contributed by atoms with Gasteiger partial charge in [0.15, 0.2) is 0 Å². The minimum Gasteiger partial charge on any atom is -0.292 e. The summed E-state index contributed by atoms with van der Waals surface area (Å²) in [6.45, 7) is 0.451. The second-order valence-corrected chi connectivity index (χ2v) is 1.74. The first-order valence-electron chi connectivity index (χ1n) is 2.68. The molecule has 0 radical (unpaired) electrons. The molecule has 0 aliphatic carbocycles. The Labute approximate surface area is 47.9 Å². The maximum atomic E-state index is 11.7. The second-order valence-electron chi connectivity index (χ2n) is 1.74. The number of nitrogens with zero attached hydrogens (tertiary/aromatic N) is 1. The van der Waals surface area contributed by atoms with E-state index in [1.165, 1.54) is 0 Å². The highest BCUT2D eigenvalue weighted by atomic mass is 19.1. The van der Waals surface area contributed by atoms with E-state index in [-0.39, 0.29) is 6.67 Å². The Morgan fingerprint density at radius 3 is 3.00 bits per heavy atom. The quantitative estimate of drug-likeness (QED) is 0.486. The van der Waals surface area contributed by atoms with E-state index in [1.807, 2.05) is 6.08 Å². The number of aliphatic imine (C=N–C) groups is 1. The average molecular weight is 113 g/mol. The molecule has 0 fully saturated rings. The van der Waals surface area contributed by atoms with Gasteiger partial charge in [-0.2, -0.15) is 0 Å². The monoisotopic (exact) mass is 113 g/mol. The molecule has 2 heteroatoms. The molecule has 0 aromatic rings. The van der Waals surface area contributed by atoms with Crippen LogP contribution in [0.4, 0.5) is 4.39 Å². The van der Waals surface area contributed by atoms with Gasteiger partial charge in [-0.3, -0.25) is 4.99 Å². The number of alkyl halides is 1. The molecule has 0 bridgehead atoms. The molecule has 1 heterocycles. The highest BCUT2D eigenvalue weighted by Crippen LogP contribution is 1.99. The van der Waals surface area contributed by atoms with Crippen molar-refractivity contribution in [2.75, 3.05) is 13.2 Å². The van der Waals surface area contributed by atoms with Crippen molar-refractivity contribution in [1.82, 2.24) is 0 Å². The Kier molecular flexibility index (Phi) is 1.78. The predicted molar refractivity (Wildman–Crippen MR) is 32.0 cm³/mol. The van der Waals surface area contributed by atoms with Crippen LogP contribution < -0.4 is 0 Å². The highest BCUT2D eigenvalue weighted by Gasteiger charge is 1.94. The van der Waals surface area contributed by atoms with Gasteiger partial charge in [0.1, 0.15) is 6.67 Å². The topological polar surface area (TPSA) is 12.4 Å². The zero-order chi connectivity index (χ0) is 5.82. The molecule has 0 amide bonds. The molecule has 0 aromatic carbocycles. The van der Waals surface area contributed by atoms with Gasteiger partial charge >= 0.3 is 0 Å². The van der Waals surface area contributed by atoms with Crippen LogP contribution in [0.3, 0.4) is 0 Å². The van der Waals surface area contributed by atoms with Crippen LogP contribution in [0.25, 0.3) is 0 Å². The van der Waals surface area contributed by atoms with Crippen molar-refractivity contribution in [2.24, 2.45) is 4.99 Å². The molecule has 0 unspecified atom stereocenters. The third kappa shape index (κ3) is 1.15. The minimum atomic E-state index is -0.372. The molecular weight excluding hydrogens is 105 g/mol. The summed E-state index contributed by atoms with van der Waals surface area (Å²) >= 11 is 0. The van der Waals surface area contributed by atoms with Gasteiger partial charge < -0.3 is 0 Å². The van der Waals surface area contributed by atoms with Crippen LogP contribution in [0.2, 0.25) is 0 Å². The molecular formula is C6H8FN. The van der Waals surface area contributed by atoms with E-state index in [0.717, 1.165) is 18.5 Å². The van der Waals surface area contributed by atoms with E-state index < -0.39 is 0 Å². The van der Waals surface area contributed by atoms with Gasteiger partial charge in [0.2, 0.25) is 0 Å². The summed E-state index contributed by atoms with van der Waals surface area (Å²) in [5.74, 6) is 0. The standard InChI is InChI=1S/C6H8FN/c7-4-6-2-1-3-8-5-6/h2,5H,1,3-4H2. The molecule has 0 saturated heterocycles. The van der Waals surface area contributed by atoms with Crippen molar-refractivity contribution in [3.05, 3.63) is 11.6 Å². The zero-order valence-electron chi connectivity index (χ0n) is 4.60. The van der Waals surface area contributed by atoms with E-state index in [0.29, 0.717) is 0 Å². The van der Waals surface area contributed by atoms with Crippen LogP contribution in [0, 0.1) is 0 Å². The van der Waals surface area contributed by atoms with Gasteiger partial charge in [-0.05, 0) is 12.0 Å². The van der Waals surface area contributed by atoms with Crippen LogP contribution in [0.5, 0.6) is 0 Å². The molecule has 1 aliphatic heterocycles. The van der Waals surface area contributed by atoms with Gasteiger partial charge in [0.25, 0.3) is 0 Å². The van der Waals surface area contributed by atoms with E-state index in [4.69, 9.17) is 0 Å². The average Bonchev–Trinajstić information content (AvgIpc) is 1.90. The molecule has 44 valence electrons. The van der Waals surface area contributed by atoms with Crippen LogP contribution in [0.1, 0.15) is 6.42 Å². The van der Waals surface area contributed by atoms with Crippen LogP contribution in [-0.2, 0) is 0 Å². The fraction of sp³-hybridized carbons (Fsp3) is 0.500. The number of halogens is 1. The lowest BCUT2D eigenvalue weighted by Gasteiger charge is -1.98. The van der Waals surface area contributed by atoms with Crippen molar-refractivity contribution < 1.29 is 4.39 Å². The first-order chi connectivity index (χ1) is 3.93. The maximum absolute atomic E-state index is 11.7. The van der Waals surface area contributed by atoms with Gasteiger partial charge in [-0.25, -0.2) is 4.39 Å². The predicted octanol–water partition coefficient (Wildman–Crippen LogP) is 1.36. The molecule has 0 spiro atoms. The molecule has 1 nitrogen and oxygen atoms in total. The van der Waals surface area contributed by atoms with Crippen LogP contribution in [0.15, 0.2) is 16.6 Å². The van der Waals surface area contributed by atoms with Gasteiger partial charge in [0, 0.05) is 12.8 Å². The third-order valence-corrected chi connectivity index (χ3v) is 1.08.